The Labute approximate surface area is 87.7 Å². The van der Waals surface area contributed by atoms with Crippen LogP contribution in [0.3, 0.4) is 0 Å². The van der Waals surface area contributed by atoms with E-state index < -0.39 is 11.8 Å². The van der Waals surface area contributed by atoms with Crippen molar-refractivity contribution in [3.63, 3.8) is 0 Å². The molecule has 0 radical (unpaired) electrons. The Morgan fingerprint density at radius 3 is 2.69 bits per heavy atom. The molecular weight excluding hydrogens is 290 g/mol. The molecule has 3 nitrogen and oxygen atoms in total. The molecule has 0 spiro atoms. The van der Waals surface area contributed by atoms with Gasteiger partial charge in [-0.25, -0.2) is 9.18 Å². The molecule has 0 amide bonds. The molecule has 0 heterocycles. The maximum atomic E-state index is 13.2. The number of hydrogen-bond donors (Lipinski definition) is 1. The summed E-state index contributed by atoms with van der Waals surface area (Å²) in [5.74, 6) is -2.19. The van der Waals surface area contributed by atoms with E-state index in [1.54, 1.807) is 0 Å². The second-order valence-electron chi connectivity index (χ2n) is 2.27. The summed E-state index contributed by atoms with van der Waals surface area (Å²) in [5, 5.41) is 8.61. The first kappa shape index (κ1) is 10.2. The number of halogens is 2. The molecule has 5 heteroatoms. The molecule has 0 fully saturated rings. The summed E-state index contributed by atoms with van der Waals surface area (Å²) < 4.78 is 18.5. The molecular formula is C8H6FIO3. The average molecular weight is 296 g/mol. The highest BCUT2D eigenvalue weighted by Gasteiger charge is 2.15. The van der Waals surface area contributed by atoms with Crippen molar-refractivity contribution in [3.05, 3.63) is 27.1 Å². The topological polar surface area (TPSA) is 46.5 Å². The van der Waals surface area contributed by atoms with E-state index in [9.17, 15) is 9.18 Å². The van der Waals surface area contributed by atoms with Crippen molar-refractivity contribution >= 4 is 28.6 Å². The molecule has 1 N–H and O–H groups in total. The van der Waals surface area contributed by atoms with Crippen molar-refractivity contribution in [2.24, 2.45) is 0 Å². The van der Waals surface area contributed by atoms with Crippen LogP contribution in [0, 0.1) is 9.39 Å². The second kappa shape index (κ2) is 3.91. The monoisotopic (exact) mass is 296 g/mol. The van der Waals surface area contributed by atoms with Crippen LogP contribution in [0.2, 0.25) is 0 Å². The first-order valence-corrected chi connectivity index (χ1v) is 4.40. The van der Waals surface area contributed by atoms with Crippen molar-refractivity contribution in [3.8, 4) is 5.75 Å². The Hall–Kier alpha value is -0.850. The maximum Gasteiger partial charge on any atom is 0.338 e. The molecule has 0 aliphatic heterocycles. The van der Waals surface area contributed by atoms with Gasteiger partial charge in [0.25, 0.3) is 0 Å². The van der Waals surface area contributed by atoms with Crippen molar-refractivity contribution < 1.29 is 19.0 Å². The Kier molecular flexibility index (Phi) is 3.07. The van der Waals surface area contributed by atoms with Gasteiger partial charge in [0.05, 0.1) is 7.11 Å². The second-order valence-corrected chi connectivity index (χ2v) is 3.52. The normalized spacial score (nSPS) is 9.77. The minimum absolute atomic E-state index is 0.0516. The number of carboxylic acids is 1. The van der Waals surface area contributed by atoms with E-state index in [1.165, 1.54) is 19.2 Å². The van der Waals surface area contributed by atoms with Crippen LogP contribution in [0.4, 0.5) is 4.39 Å². The largest absolute Gasteiger partial charge is 0.494 e. The predicted molar refractivity (Wildman–Crippen MR) is 52.6 cm³/mol. The smallest absolute Gasteiger partial charge is 0.338 e. The van der Waals surface area contributed by atoms with Crippen LogP contribution in [0.15, 0.2) is 12.1 Å². The molecule has 0 atom stereocenters. The number of carboxylic acid groups (broad SMARTS) is 1. The van der Waals surface area contributed by atoms with Crippen LogP contribution in [-0.4, -0.2) is 18.2 Å². The van der Waals surface area contributed by atoms with Gasteiger partial charge in [0, 0.05) is 3.57 Å². The maximum absolute atomic E-state index is 13.2. The van der Waals surface area contributed by atoms with Crippen LogP contribution < -0.4 is 4.74 Å². The van der Waals surface area contributed by atoms with Gasteiger partial charge in [-0.05, 0) is 34.7 Å². The molecule has 0 unspecified atom stereocenters. The first-order chi connectivity index (χ1) is 6.06. The van der Waals surface area contributed by atoms with Gasteiger partial charge in [0.1, 0.15) is 5.56 Å². The van der Waals surface area contributed by atoms with E-state index in [1.807, 2.05) is 22.6 Å². The molecule has 0 saturated heterocycles. The van der Waals surface area contributed by atoms with Crippen molar-refractivity contribution in [2.45, 2.75) is 0 Å². The highest BCUT2D eigenvalue weighted by molar-refractivity contribution is 14.1. The number of carbonyl (C=O) groups is 1. The van der Waals surface area contributed by atoms with E-state index in [0.717, 1.165) is 0 Å². The highest BCUT2D eigenvalue weighted by atomic mass is 127. The number of benzene rings is 1. The molecule has 70 valence electrons. The third-order valence-corrected chi connectivity index (χ3v) is 2.08. The van der Waals surface area contributed by atoms with Crippen molar-refractivity contribution in [1.29, 1.82) is 0 Å². The van der Waals surface area contributed by atoms with Crippen LogP contribution in [0.25, 0.3) is 0 Å². The lowest BCUT2D eigenvalue weighted by molar-refractivity contribution is 0.0691. The zero-order valence-corrected chi connectivity index (χ0v) is 8.83. The summed E-state index contributed by atoms with van der Waals surface area (Å²) in [6, 6.07) is 2.68. The fraction of sp³-hybridized carbons (Fsp3) is 0.125. The minimum atomic E-state index is -1.30. The lowest BCUT2D eigenvalue weighted by atomic mass is 10.2. The zero-order valence-electron chi connectivity index (χ0n) is 6.67. The number of methoxy groups -OCH3 is 1. The molecule has 0 bridgehead atoms. The van der Waals surface area contributed by atoms with Gasteiger partial charge in [-0.2, -0.15) is 0 Å². The third kappa shape index (κ3) is 2.09. The third-order valence-electron chi connectivity index (χ3n) is 1.45. The van der Waals surface area contributed by atoms with E-state index in [-0.39, 0.29) is 11.3 Å². The van der Waals surface area contributed by atoms with Gasteiger partial charge < -0.3 is 9.84 Å². The van der Waals surface area contributed by atoms with E-state index >= 15 is 0 Å². The van der Waals surface area contributed by atoms with E-state index in [2.05, 4.69) is 4.74 Å². The van der Waals surface area contributed by atoms with Gasteiger partial charge in [-0.3, -0.25) is 0 Å². The Bertz CT molecular complexity index is 351. The fourth-order valence-corrected chi connectivity index (χ4v) is 1.46. The highest BCUT2D eigenvalue weighted by Crippen LogP contribution is 2.23. The summed E-state index contributed by atoms with van der Waals surface area (Å²) in [7, 11) is 1.29. The minimum Gasteiger partial charge on any atom is -0.494 e. The number of hydrogen-bond acceptors (Lipinski definition) is 2. The average Bonchev–Trinajstić information content (AvgIpc) is 2.08. The summed E-state index contributed by atoms with van der Waals surface area (Å²) in [6.45, 7) is 0. The van der Waals surface area contributed by atoms with E-state index in [0.29, 0.717) is 3.57 Å². The standard InChI is InChI=1S/C8H6FIO3/c1-13-6-3-4(10)2-5(7(6)9)8(11)12/h2-3H,1H3,(H,11,12). The summed E-state index contributed by atoms with van der Waals surface area (Å²) >= 11 is 1.89. The van der Waals surface area contributed by atoms with Gasteiger partial charge in [0.2, 0.25) is 0 Å². The van der Waals surface area contributed by atoms with Crippen LogP contribution in [-0.2, 0) is 0 Å². The Balaban J connectivity index is 3.35. The van der Waals surface area contributed by atoms with Gasteiger partial charge in [-0.15, -0.1) is 0 Å². The quantitative estimate of drug-likeness (QED) is 0.851. The number of rotatable bonds is 2. The molecule has 1 aromatic rings. The Morgan fingerprint density at radius 2 is 2.23 bits per heavy atom. The van der Waals surface area contributed by atoms with Gasteiger partial charge in [0.15, 0.2) is 11.6 Å². The molecule has 13 heavy (non-hydrogen) atoms. The molecule has 1 rings (SSSR count). The molecule has 0 aliphatic rings. The predicted octanol–water partition coefficient (Wildman–Crippen LogP) is 2.14. The van der Waals surface area contributed by atoms with Crippen LogP contribution >= 0.6 is 22.6 Å². The summed E-state index contributed by atoms with van der Waals surface area (Å²) in [5.41, 5.74) is -0.372. The van der Waals surface area contributed by atoms with Crippen molar-refractivity contribution in [1.82, 2.24) is 0 Å². The molecule has 0 aromatic heterocycles. The lowest BCUT2D eigenvalue weighted by Crippen LogP contribution is -2.03. The zero-order chi connectivity index (χ0) is 10.0. The Morgan fingerprint density at radius 1 is 1.62 bits per heavy atom. The van der Waals surface area contributed by atoms with Gasteiger partial charge in [-0.1, -0.05) is 0 Å². The van der Waals surface area contributed by atoms with Crippen LogP contribution in [0.5, 0.6) is 5.75 Å². The SMILES string of the molecule is COc1cc(I)cc(C(=O)O)c1F. The van der Waals surface area contributed by atoms with Gasteiger partial charge >= 0.3 is 5.97 Å². The summed E-state index contributed by atoms with van der Waals surface area (Å²) in [6.07, 6.45) is 0. The molecule has 0 aliphatic carbocycles. The first-order valence-electron chi connectivity index (χ1n) is 3.32. The van der Waals surface area contributed by atoms with Crippen LogP contribution in [0.1, 0.15) is 10.4 Å². The fourth-order valence-electron chi connectivity index (χ4n) is 0.868. The summed E-state index contributed by atoms with van der Waals surface area (Å²) in [4.78, 5) is 10.5. The molecule has 1 aromatic carbocycles. The molecule has 0 saturated carbocycles. The van der Waals surface area contributed by atoms with E-state index in [4.69, 9.17) is 5.11 Å². The van der Waals surface area contributed by atoms with Crippen molar-refractivity contribution in [2.75, 3.05) is 7.11 Å². The number of aromatic carboxylic acids is 1. The number of ether oxygens (including phenoxy) is 1. The lowest BCUT2D eigenvalue weighted by Gasteiger charge is -2.04.